The van der Waals surface area contributed by atoms with Gasteiger partial charge >= 0.3 is 0 Å². The minimum atomic E-state index is -2.12. The van der Waals surface area contributed by atoms with Crippen LogP contribution >= 0.6 is 0 Å². The first kappa shape index (κ1) is 35.6. The van der Waals surface area contributed by atoms with Crippen molar-refractivity contribution in [1.82, 2.24) is 0 Å². The van der Waals surface area contributed by atoms with E-state index in [4.69, 9.17) is 37.6 Å². The second-order valence-electron chi connectivity index (χ2n) is 15.4. The van der Waals surface area contributed by atoms with E-state index in [0.29, 0.717) is 25.6 Å². The monoisotopic (exact) mass is 680 g/mol. The first-order valence-corrected chi connectivity index (χ1v) is 20.8. The molecule has 4 aliphatic heterocycles. The van der Waals surface area contributed by atoms with E-state index in [1.807, 2.05) is 42.5 Å². The van der Waals surface area contributed by atoms with Crippen molar-refractivity contribution >= 4 is 8.32 Å². The van der Waals surface area contributed by atoms with Crippen LogP contribution in [0.5, 0.6) is 5.75 Å². The minimum absolute atomic E-state index is 0.0145. The number of hydrogen-bond acceptors (Lipinski definition) is 8. The van der Waals surface area contributed by atoms with Gasteiger partial charge in [-0.15, -0.1) is 0 Å². The molecular formula is C39H56O8Si. The molecule has 0 saturated carbocycles. The van der Waals surface area contributed by atoms with Gasteiger partial charge in [0.15, 0.2) is 8.32 Å². The molecule has 0 spiro atoms. The molecule has 9 heteroatoms. The number of fused-ring (bicyclic) bond motifs is 3. The first-order chi connectivity index (χ1) is 23.0. The van der Waals surface area contributed by atoms with Gasteiger partial charge in [-0.1, -0.05) is 69.8 Å². The zero-order valence-corrected chi connectivity index (χ0v) is 30.7. The average Bonchev–Trinajstić information content (AvgIpc) is 3.28. The van der Waals surface area contributed by atoms with E-state index in [9.17, 15) is 0 Å². The third-order valence-electron chi connectivity index (χ3n) is 11.0. The van der Waals surface area contributed by atoms with Gasteiger partial charge in [0, 0.05) is 25.9 Å². The van der Waals surface area contributed by atoms with Gasteiger partial charge in [-0.3, -0.25) is 0 Å². The number of benzene rings is 2. The van der Waals surface area contributed by atoms with Gasteiger partial charge in [0.2, 0.25) is 0 Å². The van der Waals surface area contributed by atoms with Crippen molar-refractivity contribution in [3.05, 3.63) is 78.1 Å². The topological polar surface area (TPSA) is 73.8 Å². The largest absolute Gasteiger partial charge is 0.497 e. The summed E-state index contributed by atoms with van der Waals surface area (Å²) < 4.78 is 52.0. The molecular weight excluding hydrogens is 625 g/mol. The van der Waals surface area contributed by atoms with Crippen LogP contribution < -0.4 is 4.74 Å². The van der Waals surface area contributed by atoms with Gasteiger partial charge < -0.3 is 37.6 Å². The summed E-state index contributed by atoms with van der Waals surface area (Å²) in [6.45, 7) is 17.6. The van der Waals surface area contributed by atoms with Crippen LogP contribution in [0.25, 0.3) is 0 Å². The highest BCUT2D eigenvalue weighted by atomic mass is 28.4. The fourth-order valence-corrected chi connectivity index (χ4v) is 8.49. The van der Waals surface area contributed by atoms with Crippen molar-refractivity contribution < 1.29 is 37.6 Å². The summed E-state index contributed by atoms with van der Waals surface area (Å²) in [5.41, 5.74) is 2.27. The summed E-state index contributed by atoms with van der Waals surface area (Å²) in [6.07, 6.45) is 3.92. The summed E-state index contributed by atoms with van der Waals surface area (Å²) in [6, 6.07) is 18.3. The Kier molecular flexibility index (Phi) is 11.4. The lowest BCUT2D eigenvalue weighted by Crippen LogP contribution is -2.56. The van der Waals surface area contributed by atoms with E-state index < -0.39 is 8.32 Å². The number of ether oxygens (including phenoxy) is 7. The third kappa shape index (κ3) is 8.54. The minimum Gasteiger partial charge on any atom is -0.497 e. The maximum absolute atomic E-state index is 7.18. The molecule has 0 bridgehead atoms. The van der Waals surface area contributed by atoms with Gasteiger partial charge in [-0.2, -0.15) is 0 Å². The summed E-state index contributed by atoms with van der Waals surface area (Å²) in [7, 11) is -0.447. The van der Waals surface area contributed by atoms with E-state index in [1.165, 1.54) is 5.56 Å². The van der Waals surface area contributed by atoms with Gasteiger partial charge in [0.05, 0.1) is 56.9 Å². The van der Waals surface area contributed by atoms with E-state index in [-0.39, 0.29) is 60.0 Å². The normalized spacial score (nSPS) is 32.3. The predicted molar refractivity (Wildman–Crippen MR) is 187 cm³/mol. The van der Waals surface area contributed by atoms with Gasteiger partial charge in [0.25, 0.3) is 0 Å². The standard InChI is InChI=1S/C39H56O8Si/c1-26-31(42-25-28-13-15-29(40-5)16-14-28)17-18-32-34(43-26)22-36-38(46-32)37(47-48(6,7)39(2,3)4)23-35-33(45-36)21-30(44-35)19-20-41-24-27-11-9-8-10-12-27/h8-16,30-38H,1,17-25H2,2-7H3/t30-,31-,32+,33-,34-,35+,36+,37-,38+/m0/s1. The number of rotatable bonds is 11. The van der Waals surface area contributed by atoms with Crippen LogP contribution in [0.2, 0.25) is 18.1 Å². The molecule has 0 aliphatic carbocycles. The maximum atomic E-state index is 7.18. The number of methoxy groups -OCH3 is 1. The van der Waals surface area contributed by atoms with Gasteiger partial charge in [-0.25, -0.2) is 0 Å². The molecule has 264 valence electrons. The quantitative estimate of drug-likeness (QED) is 0.176. The van der Waals surface area contributed by atoms with Crippen molar-refractivity contribution in [2.24, 2.45) is 0 Å². The van der Waals surface area contributed by atoms with E-state index >= 15 is 0 Å². The molecule has 2 aromatic rings. The van der Waals surface area contributed by atoms with Crippen LogP contribution in [0, 0.1) is 0 Å². The zero-order chi connectivity index (χ0) is 33.9. The molecule has 48 heavy (non-hydrogen) atoms. The van der Waals surface area contributed by atoms with Crippen LogP contribution in [-0.2, 0) is 46.1 Å². The van der Waals surface area contributed by atoms with Crippen molar-refractivity contribution in [1.29, 1.82) is 0 Å². The SMILES string of the molecule is C=C1O[C@H]2C[C@H]3O[C@H]4C[C@H](CCOCc5ccccc5)O[C@@H]4C[C@H](O[Si](C)(C)C(C)(C)C)[C@@H]3O[C@@H]2CC[C@@H]1OCc1ccc(OC)cc1. The fraction of sp³-hybridized carbons (Fsp3) is 0.641. The average molecular weight is 681 g/mol. The third-order valence-corrected chi connectivity index (χ3v) is 15.5. The maximum Gasteiger partial charge on any atom is 0.192 e. The Labute approximate surface area is 288 Å². The lowest BCUT2D eigenvalue weighted by Gasteiger charge is -2.46. The second-order valence-corrected chi connectivity index (χ2v) is 20.2. The molecule has 0 aromatic heterocycles. The molecule has 4 fully saturated rings. The predicted octanol–water partition coefficient (Wildman–Crippen LogP) is 7.74. The molecule has 0 unspecified atom stereocenters. The van der Waals surface area contributed by atoms with E-state index in [0.717, 1.165) is 49.8 Å². The molecule has 0 radical (unpaired) electrons. The summed E-state index contributed by atoms with van der Waals surface area (Å²) in [5.74, 6) is 1.50. The lowest BCUT2D eigenvalue weighted by atomic mass is 9.92. The lowest BCUT2D eigenvalue weighted by molar-refractivity contribution is -0.210. The summed E-state index contributed by atoms with van der Waals surface area (Å²) in [5, 5.41) is 0.0685. The highest BCUT2D eigenvalue weighted by molar-refractivity contribution is 6.74. The molecule has 9 atom stereocenters. The molecule has 2 aromatic carbocycles. The van der Waals surface area contributed by atoms with Crippen LogP contribution in [0.3, 0.4) is 0 Å². The Morgan fingerprint density at radius 3 is 2.25 bits per heavy atom. The number of hydrogen-bond donors (Lipinski definition) is 0. The molecule has 6 rings (SSSR count). The Hall–Kier alpha value is -2.24. The highest BCUT2D eigenvalue weighted by Gasteiger charge is 2.53. The van der Waals surface area contributed by atoms with Crippen molar-refractivity contribution in [3.8, 4) is 5.75 Å². The van der Waals surface area contributed by atoms with Gasteiger partial charge in [-0.05, 0) is 60.7 Å². The molecule has 4 saturated heterocycles. The summed E-state index contributed by atoms with van der Waals surface area (Å²) in [4.78, 5) is 0. The van der Waals surface area contributed by atoms with E-state index in [1.54, 1.807) is 7.11 Å². The first-order valence-electron chi connectivity index (χ1n) is 17.8. The van der Waals surface area contributed by atoms with Crippen LogP contribution in [0.1, 0.15) is 70.4 Å². The van der Waals surface area contributed by atoms with Crippen molar-refractivity contribution in [3.63, 3.8) is 0 Å². The fourth-order valence-electron chi connectivity index (χ4n) is 7.15. The Bertz CT molecular complexity index is 1330. The van der Waals surface area contributed by atoms with Crippen LogP contribution in [0.15, 0.2) is 66.9 Å². The highest BCUT2D eigenvalue weighted by Crippen LogP contribution is 2.45. The van der Waals surface area contributed by atoms with Crippen LogP contribution in [-0.4, -0.2) is 77.0 Å². The molecule has 4 aliphatic rings. The molecule has 4 heterocycles. The zero-order valence-electron chi connectivity index (χ0n) is 29.7. The Balaban J connectivity index is 1.11. The molecule has 8 nitrogen and oxygen atoms in total. The smallest absolute Gasteiger partial charge is 0.192 e. The molecule has 0 N–H and O–H groups in total. The molecule has 0 amide bonds. The Morgan fingerprint density at radius 1 is 0.792 bits per heavy atom. The van der Waals surface area contributed by atoms with Gasteiger partial charge in [0.1, 0.15) is 29.8 Å². The van der Waals surface area contributed by atoms with Crippen molar-refractivity contribution in [2.75, 3.05) is 13.7 Å². The van der Waals surface area contributed by atoms with Crippen molar-refractivity contribution in [2.45, 2.75) is 146 Å². The van der Waals surface area contributed by atoms with Crippen LogP contribution in [0.4, 0.5) is 0 Å². The Morgan fingerprint density at radius 2 is 1.52 bits per heavy atom. The van der Waals surface area contributed by atoms with E-state index in [2.05, 4.69) is 52.6 Å². The second kappa shape index (κ2) is 15.3. The summed E-state index contributed by atoms with van der Waals surface area (Å²) >= 11 is 0.